The predicted molar refractivity (Wildman–Crippen MR) is 75.2 cm³/mol. The van der Waals surface area contributed by atoms with Crippen molar-refractivity contribution in [1.29, 1.82) is 0 Å². The second kappa shape index (κ2) is 6.69. The molecule has 0 bridgehead atoms. The van der Waals surface area contributed by atoms with E-state index in [1.54, 1.807) is 11.8 Å². The third-order valence-electron chi connectivity index (χ3n) is 2.53. The fourth-order valence-corrected chi connectivity index (χ4v) is 1.99. The summed E-state index contributed by atoms with van der Waals surface area (Å²) in [6, 6.07) is 6.14. The topological polar surface area (TPSA) is 38.0 Å². The highest BCUT2D eigenvalue weighted by Crippen LogP contribution is 2.25. The van der Waals surface area contributed by atoms with Crippen LogP contribution in [0.4, 0.5) is 11.4 Å². The van der Waals surface area contributed by atoms with Crippen molar-refractivity contribution in [3.05, 3.63) is 18.2 Å². The minimum absolute atomic E-state index is 0.775. The molecule has 0 atom stereocenters. The monoisotopic (exact) mass is 238 g/mol. The Morgan fingerprint density at radius 1 is 1.38 bits per heavy atom. The molecule has 0 aliphatic carbocycles. The summed E-state index contributed by atoms with van der Waals surface area (Å²) >= 11 is 1.74. The SMILES string of the molecule is CSc1ccc(N)c(NCCCC(C)C)c1. The van der Waals surface area contributed by atoms with E-state index in [1.165, 1.54) is 17.7 Å². The molecule has 16 heavy (non-hydrogen) atoms. The van der Waals surface area contributed by atoms with Crippen LogP contribution in [-0.2, 0) is 0 Å². The number of anilines is 2. The van der Waals surface area contributed by atoms with Gasteiger partial charge in [0.25, 0.3) is 0 Å². The molecule has 1 aromatic carbocycles. The molecule has 0 unspecified atom stereocenters. The number of rotatable bonds is 6. The zero-order valence-electron chi connectivity index (χ0n) is 10.4. The molecule has 0 aliphatic heterocycles. The second-order valence-corrected chi connectivity index (χ2v) is 5.30. The number of hydrogen-bond donors (Lipinski definition) is 2. The van der Waals surface area contributed by atoms with E-state index in [1.807, 2.05) is 6.07 Å². The van der Waals surface area contributed by atoms with Gasteiger partial charge in [0.15, 0.2) is 0 Å². The Morgan fingerprint density at radius 2 is 2.12 bits per heavy atom. The Balaban J connectivity index is 2.46. The van der Waals surface area contributed by atoms with Gasteiger partial charge in [-0.3, -0.25) is 0 Å². The molecule has 3 N–H and O–H groups in total. The van der Waals surface area contributed by atoms with Gasteiger partial charge in [-0.05, 0) is 43.2 Å². The zero-order chi connectivity index (χ0) is 12.0. The summed E-state index contributed by atoms with van der Waals surface area (Å²) in [5.41, 5.74) is 7.82. The molecule has 1 rings (SSSR count). The maximum Gasteiger partial charge on any atom is 0.0585 e. The fraction of sp³-hybridized carbons (Fsp3) is 0.538. The first-order valence-electron chi connectivity index (χ1n) is 5.81. The lowest BCUT2D eigenvalue weighted by atomic mass is 10.1. The van der Waals surface area contributed by atoms with Crippen LogP contribution in [0, 0.1) is 5.92 Å². The third-order valence-corrected chi connectivity index (χ3v) is 3.26. The molecular formula is C13H22N2S. The van der Waals surface area contributed by atoms with Crippen molar-refractivity contribution in [1.82, 2.24) is 0 Å². The summed E-state index contributed by atoms with van der Waals surface area (Å²) < 4.78 is 0. The predicted octanol–water partition coefficient (Wildman–Crippen LogP) is 3.84. The van der Waals surface area contributed by atoms with Crippen LogP contribution in [0.2, 0.25) is 0 Å². The Kier molecular flexibility index (Phi) is 5.53. The zero-order valence-corrected chi connectivity index (χ0v) is 11.2. The standard InChI is InChI=1S/C13H22N2S/c1-10(2)5-4-8-15-13-9-11(16-3)6-7-12(13)14/h6-7,9-10,15H,4-5,8,14H2,1-3H3. The molecule has 1 aromatic rings. The van der Waals surface area contributed by atoms with Crippen LogP contribution < -0.4 is 11.1 Å². The fourth-order valence-electron chi connectivity index (χ4n) is 1.55. The third kappa shape index (κ3) is 4.35. The summed E-state index contributed by atoms with van der Waals surface area (Å²) in [6.45, 7) is 5.51. The average Bonchev–Trinajstić information content (AvgIpc) is 2.26. The smallest absolute Gasteiger partial charge is 0.0585 e. The van der Waals surface area contributed by atoms with Gasteiger partial charge < -0.3 is 11.1 Å². The van der Waals surface area contributed by atoms with E-state index in [0.717, 1.165) is 23.8 Å². The van der Waals surface area contributed by atoms with E-state index in [0.29, 0.717) is 0 Å². The van der Waals surface area contributed by atoms with E-state index < -0.39 is 0 Å². The van der Waals surface area contributed by atoms with E-state index in [9.17, 15) is 0 Å². The van der Waals surface area contributed by atoms with Crippen LogP contribution >= 0.6 is 11.8 Å². The second-order valence-electron chi connectivity index (χ2n) is 4.42. The maximum atomic E-state index is 5.91. The molecule has 2 nitrogen and oxygen atoms in total. The molecule has 0 saturated carbocycles. The van der Waals surface area contributed by atoms with Gasteiger partial charge in [0.1, 0.15) is 0 Å². The Morgan fingerprint density at radius 3 is 2.75 bits per heavy atom. The number of nitrogens with one attached hydrogen (secondary N) is 1. The summed E-state index contributed by atoms with van der Waals surface area (Å²) in [7, 11) is 0. The first-order valence-corrected chi connectivity index (χ1v) is 7.03. The van der Waals surface area contributed by atoms with Crippen molar-refractivity contribution in [2.45, 2.75) is 31.6 Å². The highest BCUT2D eigenvalue weighted by molar-refractivity contribution is 7.98. The minimum atomic E-state index is 0.775. The van der Waals surface area contributed by atoms with Crippen molar-refractivity contribution in [2.75, 3.05) is 23.9 Å². The molecule has 0 fully saturated rings. The summed E-state index contributed by atoms with van der Waals surface area (Å²) in [6.07, 6.45) is 4.53. The number of hydrogen-bond acceptors (Lipinski definition) is 3. The molecule has 0 saturated heterocycles. The summed E-state index contributed by atoms with van der Waals surface area (Å²) in [5.74, 6) is 0.775. The van der Waals surface area contributed by atoms with Crippen molar-refractivity contribution >= 4 is 23.1 Å². The lowest BCUT2D eigenvalue weighted by Gasteiger charge is -2.11. The normalized spacial score (nSPS) is 10.8. The van der Waals surface area contributed by atoms with Gasteiger partial charge in [0, 0.05) is 11.4 Å². The maximum absolute atomic E-state index is 5.91. The average molecular weight is 238 g/mol. The van der Waals surface area contributed by atoms with Crippen molar-refractivity contribution in [2.24, 2.45) is 5.92 Å². The van der Waals surface area contributed by atoms with Gasteiger partial charge >= 0.3 is 0 Å². The van der Waals surface area contributed by atoms with Crippen LogP contribution in [0.5, 0.6) is 0 Å². The van der Waals surface area contributed by atoms with E-state index in [4.69, 9.17) is 5.73 Å². The molecule has 0 heterocycles. The van der Waals surface area contributed by atoms with E-state index in [2.05, 4.69) is 37.6 Å². The van der Waals surface area contributed by atoms with Gasteiger partial charge in [-0.15, -0.1) is 11.8 Å². The molecule has 0 amide bonds. The van der Waals surface area contributed by atoms with E-state index >= 15 is 0 Å². The van der Waals surface area contributed by atoms with Gasteiger partial charge in [-0.2, -0.15) is 0 Å². The highest BCUT2D eigenvalue weighted by atomic mass is 32.2. The van der Waals surface area contributed by atoms with Crippen molar-refractivity contribution < 1.29 is 0 Å². The molecule has 0 radical (unpaired) electrons. The molecule has 0 spiro atoms. The summed E-state index contributed by atoms with van der Waals surface area (Å²) in [5, 5.41) is 3.40. The first kappa shape index (κ1) is 13.2. The van der Waals surface area contributed by atoms with Gasteiger partial charge in [0.05, 0.1) is 11.4 Å². The quantitative estimate of drug-likeness (QED) is 0.449. The minimum Gasteiger partial charge on any atom is -0.397 e. The lowest BCUT2D eigenvalue weighted by molar-refractivity contribution is 0.567. The molecular weight excluding hydrogens is 216 g/mol. The lowest BCUT2D eigenvalue weighted by Crippen LogP contribution is -2.05. The Labute approximate surface area is 103 Å². The molecule has 0 aliphatic rings. The van der Waals surface area contributed by atoms with Crippen LogP contribution in [0.25, 0.3) is 0 Å². The summed E-state index contributed by atoms with van der Waals surface area (Å²) in [4.78, 5) is 1.25. The van der Waals surface area contributed by atoms with Crippen LogP contribution in [-0.4, -0.2) is 12.8 Å². The van der Waals surface area contributed by atoms with E-state index in [-0.39, 0.29) is 0 Å². The number of nitrogen functional groups attached to an aromatic ring is 1. The largest absolute Gasteiger partial charge is 0.397 e. The Bertz CT molecular complexity index is 324. The van der Waals surface area contributed by atoms with Crippen LogP contribution in [0.15, 0.2) is 23.1 Å². The van der Waals surface area contributed by atoms with Gasteiger partial charge in [0.2, 0.25) is 0 Å². The number of nitrogens with two attached hydrogens (primary N) is 1. The Hall–Kier alpha value is -0.830. The number of benzene rings is 1. The van der Waals surface area contributed by atoms with Gasteiger partial charge in [-0.1, -0.05) is 13.8 Å². The number of thioether (sulfide) groups is 1. The molecule has 3 heteroatoms. The van der Waals surface area contributed by atoms with Crippen molar-refractivity contribution in [3.8, 4) is 0 Å². The van der Waals surface area contributed by atoms with Crippen molar-refractivity contribution in [3.63, 3.8) is 0 Å². The highest BCUT2D eigenvalue weighted by Gasteiger charge is 2.00. The first-order chi connectivity index (χ1) is 7.63. The van der Waals surface area contributed by atoms with Crippen LogP contribution in [0.3, 0.4) is 0 Å². The molecule has 90 valence electrons. The van der Waals surface area contributed by atoms with Gasteiger partial charge in [-0.25, -0.2) is 0 Å². The molecule has 0 aromatic heterocycles. The van der Waals surface area contributed by atoms with Crippen LogP contribution in [0.1, 0.15) is 26.7 Å².